The van der Waals surface area contributed by atoms with Gasteiger partial charge in [-0.25, -0.2) is 8.78 Å². The summed E-state index contributed by atoms with van der Waals surface area (Å²) in [7, 11) is 3.22. The largest absolute Gasteiger partial charge is 0.494 e. The molecule has 0 radical (unpaired) electrons. The van der Waals surface area contributed by atoms with Crippen LogP contribution in [0.4, 0.5) is 8.78 Å². The van der Waals surface area contributed by atoms with Crippen LogP contribution < -0.4 is 10.1 Å². The maximum Gasteiger partial charge on any atom is 0.165 e. The van der Waals surface area contributed by atoms with Crippen LogP contribution in [-0.2, 0) is 6.42 Å². The second kappa shape index (κ2) is 6.48. The molecule has 0 spiro atoms. The van der Waals surface area contributed by atoms with E-state index in [0.717, 1.165) is 5.56 Å². The Balaban J connectivity index is 2.26. The van der Waals surface area contributed by atoms with Crippen molar-refractivity contribution in [1.29, 1.82) is 0 Å². The van der Waals surface area contributed by atoms with Crippen LogP contribution in [0, 0.1) is 11.6 Å². The lowest BCUT2D eigenvalue weighted by Gasteiger charge is -2.18. The number of ether oxygens (including phenoxy) is 1. The minimum Gasteiger partial charge on any atom is -0.494 e. The number of likely N-dealkylation sites (N-methyl/N-ethyl adjacent to an activating group) is 1. The molecule has 1 unspecified atom stereocenters. The molecule has 0 heterocycles. The fourth-order valence-corrected chi connectivity index (χ4v) is 2.16. The molecule has 0 amide bonds. The van der Waals surface area contributed by atoms with Crippen LogP contribution >= 0.6 is 0 Å². The average Bonchev–Trinajstić information content (AvgIpc) is 2.47. The highest BCUT2D eigenvalue weighted by Gasteiger charge is 2.14. The molecule has 20 heavy (non-hydrogen) atoms. The fourth-order valence-electron chi connectivity index (χ4n) is 2.16. The number of halogens is 2. The smallest absolute Gasteiger partial charge is 0.165 e. The molecule has 2 aromatic rings. The molecule has 2 rings (SSSR count). The summed E-state index contributed by atoms with van der Waals surface area (Å²) in [5, 5.41) is 3.12. The quantitative estimate of drug-likeness (QED) is 0.903. The van der Waals surface area contributed by atoms with Crippen molar-refractivity contribution in [2.75, 3.05) is 14.2 Å². The van der Waals surface area contributed by atoms with E-state index in [1.54, 1.807) is 37.4 Å². The Labute approximate surface area is 117 Å². The molecule has 2 aromatic carbocycles. The Morgan fingerprint density at radius 1 is 1.10 bits per heavy atom. The first-order valence-electron chi connectivity index (χ1n) is 6.39. The van der Waals surface area contributed by atoms with Crippen LogP contribution in [0.3, 0.4) is 0 Å². The number of hydrogen-bond donors (Lipinski definition) is 1. The second-order valence-corrected chi connectivity index (χ2v) is 4.53. The number of hydrogen-bond acceptors (Lipinski definition) is 2. The molecule has 4 heteroatoms. The average molecular weight is 277 g/mol. The number of nitrogens with one attached hydrogen (secondary N) is 1. The van der Waals surface area contributed by atoms with Gasteiger partial charge < -0.3 is 10.1 Å². The topological polar surface area (TPSA) is 21.3 Å². The van der Waals surface area contributed by atoms with Crippen molar-refractivity contribution in [1.82, 2.24) is 5.32 Å². The normalized spacial score (nSPS) is 12.2. The summed E-state index contributed by atoms with van der Waals surface area (Å²) in [6.45, 7) is 0. The van der Waals surface area contributed by atoms with Gasteiger partial charge in [-0.05, 0) is 42.8 Å². The molecule has 1 N–H and O–H groups in total. The first-order valence-corrected chi connectivity index (χ1v) is 6.39. The molecule has 0 aliphatic carbocycles. The predicted octanol–water partition coefficient (Wildman–Crippen LogP) is 3.48. The van der Waals surface area contributed by atoms with Gasteiger partial charge in [0.1, 0.15) is 5.82 Å². The van der Waals surface area contributed by atoms with Crippen LogP contribution in [0.25, 0.3) is 0 Å². The fraction of sp³-hybridized carbons (Fsp3) is 0.250. The molecule has 0 saturated heterocycles. The molecule has 0 saturated carbocycles. The summed E-state index contributed by atoms with van der Waals surface area (Å²) in [5.74, 6) is -0.449. The second-order valence-electron chi connectivity index (χ2n) is 4.53. The predicted molar refractivity (Wildman–Crippen MR) is 74.9 cm³/mol. The Kier molecular flexibility index (Phi) is 4.69. The lowest BCUT2D eigenvalue weighted by molar-refractivity contribution is 0.385. The molecular weight excluding hydrogens is 260 g/mol. The lowest BCUT2D eigenvalue weighted by atomic mass is 9.98. The number of methoxy groups -OCH3 is 1. The maximum absolute atomic E-state index is 13.7. The minimum atomic E-state index is -0.406. The first kappa shape index (κ1) is 14.5. The van der Waals surface area contributed by atoms with Crippen molar-refractivity contribution in [3.05, 3.63) is 65.2 Å². The SMILES string of the molecule is CNC(Cc1ccccc1F)c1ccc(F)c(OC)c1. The highest BCUT2D eigenvalue weighted by atomic mass is 19.1. The summed E-state index contributed by atoms with van der Waals surface area (Å²) >= 11 is 0. The van der Waals surface area contributed by atoms with Crippen molar-refractivity contribution >= 4 is 0 Å². The van der Waals surface area contributed by atoms with Gasteiger partial charge >= 0.3 is 0 Å². The standard InChI is InChI=1S/C16H17F2NO/c1-19-15(9-11-5-3-4-6-13(11)17)12-7-8-14(18)16(10-12)20-2/h3-8,10,15,19H,9H2,1-2H3. The summed E-state index contributed by atoms with van der Waals surface area (Å²) in [5.41, 5.74) is 1.48. The molecular formula is C16H17F2NO. The maximum atomic E-state index is 13.7. The zero-order chi connectivity index (χ0) is 14.5. The number of benzene rings is 2. The number of rotatable bonds is 5. The van der Waals surface area contributed by atoms with E-state index in [-0.39, 0.29) is 17.6 Å². The Morgan fingerprint density at radius 3 is 2.50 bits per heavy atom. The van der Waals surface area contributed by atoms with E-state index in [4.69, 9.17) is 4.74 Å². The highest BCUT2D eigenvalue weighted by Crippen LogP contribution is 2.25. The molecule has 106 valence electrons. The molecule has 0 fully saturated rings. The molecule has 2 nitrogen and oxygen atoms in total. The van der Waals surface area contributed by atoms with Gasteiger partial charge in [-0.1, -0.05) is 24.3 Å². The van der Waals surface area contributed by atoms with Gasteiger partial charge in [-0.3, -0.25) is 0 Å². The monoisotopic (exact) mass is 277 g/mol. The van der Waals surface area contributed by atoms with E-state index in [1.807, 2.05) is 0 Å². The summed E-state index contributed by atoms with van der Waals surface area (Å²) < 4.78 is 32.1. The van der Waals surface area contributed by atoms with Gasteiger partial charge in [0.25, 0.3) is 0 Å². The van der Waals surface area contributed by atoms with Crippen molar-refractivity contribution in [2.24, 2.45) is 0 Å². The summed E-state index contributed by atoms with van der Waals surface area (Å²) in [6, 6.07) is 11.2. The van der Waals surface area contributed by atoms with Gasteiger partial charge in [0, 0.05) is 6.04 Å². The Morgan fingerprint density at radius 2 is 1.85 bits per heavy atom. The zero-order valence-corrected chi connectivity index (χ0v) is 11.5. The third-order valence-electron chi connectivity index (χ3n) is 3.31. The van der Waals surface area contributed by atoms with Crippen molar-refractivity contribution in [3.8, 4) is 5.75 Å². The Bertz CT molecular complexity index is 586. The van der Waals surface area contributed by atoms with E-state index in [1.165, 1.54) is 19.2 Å². The molecule has 0 aromatic heterocycles. The van der Waals surface area contributed by atoms with Crippen molar-refractivity contribution < 1.29 is 13.5 Å². The van der Waals surface area contributed by atoms with Gasteiger partial charge in [0.2, 0.25) is 0 Å². The molecule has 0 aliphatic rings. The minimum absolute atomic E-state index is 0.110. The van der Waals surface area contributed by atoms with Crippen LogP contribution in [0.2, 0.25) is 0 Å². The van der Waals surface area contributed by atoms with Crippen LogP contribution in [0.15, 0.2) is 42.5 Å². The van der Waals surface area contributed by atoms with E-state index in [0.29, 0.717) is 12.0 Å². The van der Waals surface area contributed by atoms with Gasteiger partial charge in [0.15, 0.2) is 11.6 Å². The van der Waals surface area contributed by atoms with E-state index < -0.39 is 5.82 Å². The van der Waals surface area contributed by atoms with E-state index in [2.05, 4.69) is 5.32 Å². The third-order valence-corrected chi connectivity index (χ3v) is 3.31. The molecule has 1 atom stereocenters. The molecule has 0 aliphatic heterocycles. The zero-order valence-electron chi connectivity index (χ0n) is 11.5. The highest BCUT2D eigenvalue weighted by molar-refractivity contribution is 5.33. The van der Waals surface area contributed by atoms with E-state index in [9.17, 15) is 8.78 Å². The van der Waals surface area contributed by atoms with Crippen LogP contribution in [0.1, 0.15) is 17.2 Å². The first-order chi connectivity index (χ1) is 9.65. The van der Waals surface area contributed by atoms with Gasteiger partial charge in [-0.15, -0.1) is 0 Å². The lowest BCUT2D eigenvalue weighted by Crippen LogP contribution is -2.19. The summed E-state index contributed by atoms with van der Waals surface area (Å²) in [6.07, 6.45) is 0.484. The third kappa shape index (κ3) is 3.14. The Hall–Kier alpha value is -1.94. The summed E-state index contributed by atoms with van der Waals surface area (Å²) in [4.78, 5) is 0. The van der Waals surface area contributed by atoms with Gasteiger partial charge in [0.05, 0.1) is 7.11 Å². The van der Waals surface area contributed by atoms with Gasteiger partial charge in [-0.2, -0.15) is 0 Å². The van der Waals surface area contributed by atoms with Crippen molar-refractivity contribution in [3.63, 3.8) is 0 Å². The van der Waals surface area contributed by atoms with Crippen LogP contribution in [-0.4, -0.2) is 14.2 Å². The van der Waals surface area contributed by atoms with E-state index >= 15 is 0 Å². The molecule has 0 bridgehead atoms. The van der Waals surface area contributed by atoms with Crippen molar-refractivity contribution in [2.45, 2.75) is 12.5 Å². The van der Waals surface area contributed by atoms with Crippen LogP contribution in [0.5, 0.6) is 5.75 Å².